The summed E-state index contributed by atoms with van der Waals surface area (Å²) >= 11 is 5.92. The molecule has 2 aromatic heterocycles. The summed E-state index contributed by atoms with van der Waals surface area (Å²) in [6, 6.07) is 5.81. The van der Waals surface area contributed by atoms with Crippen LogP contribution in [0, 0.1) is 12.7 Å². The zero-order valence-electron chi connectivity index (χ0n) is 17.7. The molecule has 5 nitrogen and oxygen atoms in total. The van der Waals surface area contributed by atoms with Gasteiger partial charge in [-0.3, -0.25) is 14.3 Å². The molecule has 0 bridgehead atoms. The summed E-state index contributed by atoms with van der Waals surface area (Å²) in [4.78, 5) is 22.6. The predicted octanol–water partition coefficient (Wildman–Crippen LogP) is 5.50. The second-order valence-corrected chi connectivity index (χ2v) is 8.43. The molecular weight excluding hydrogens is 443 g/mol. The van der Waals surface area contributed by atoms with Gasteiger partial charge in [0.1, 0.15) is 17.7 Å². The highest BCUT2D eigenvalue weighted by atomic mass is 35.5. The van der Waals surface area contributed by atoms with Gasteiger partial charge in [0, 0.05) is 35.3 Å². The van der Waals surface area contributed by atoms with Gasteiger partial charge in [-0.1, -0.05) is 18.5 Å². The number of rotatable bonds is 5. The van der Waals surface area contributed by atoms with Crippen molar-refractivity contribution < 1.29 is 17.9 Å². The van der Waals surface area contributed by atoms with Crippen LogP contribution in [-0.4, -0.2) is 33.7 Å². The maximum absolute atomic E-state index is 14.9. The van der Waals surface area contributed by atoms with Crippen LogP contribution in [0.25, 0.3) is 22.2 Å². The second kappa shape index (κ2) is 9.19. The zero-order valence-corrected chi connectivity index (χ0v) is 18.5. The number of nitrogens with zero attached hydrogens (tertiary/aromatic N) is 3. The Bertz CT molecular complexity index is 1220. The number of hydrogen-bond donors (Lipinski definition) is 0. The van der Waals surface area contributed by atoms with Crippen molar-refractivity contribution in [2.75, 3.05) is 6.61 Å². The third kappa shape index (κ3) is 4.26. The molecule has 1 aliphatic heterocycles. The topological polar surface area (TPSA) is 57.0 Å². The standard InChI is InChI=1S/C23H23ClF3N3O2/c1-3-7-30-12(2)28-18-11-17(13-6-8-32-19(9-13)22(26)27)29-21(20(18)23(30)31)15-5-4-14(24)10-16(15)25/h4-5,10-11,13,19,22H,3,6-9H2,1-2H3/t13?,19-/m0/s1. The van der Waals surface area contributed by atoms with E-state index in [1.807, 2.05) is 6.92 Å². The Hall–Kier alpha value is -2.45. The van der Waals surface area contributed by atoms with Crippen molar-refractivity contribution in [1.82, 2.24) is 14.5 Å². The van der Waals surface area contributed by atoms with Crippen molar-refractivity contribution in [3.63, 3.8) is 0 Å². The van der Waals surface area contributed by atoms with E-state index in [1.54, 1.807) is 17.6 Å². The van der Waals surface area contributed by atoms with Gasteiger partial charge in [0.05, 0.1) is 16.6 Å². The van der Waals surface area contributed by atoms with Gasteiger partial charge in [-0.15, -0.1) is 0 Å². The lowest BCUT2D eigenvalue weighted by molar-refractivity contribution is -0.0838. The Morgan fingerprint density at radius 1 is 1.28 bits per heavy atom. The Morgan fingerprint density at radius 3 is 2.75 bits per heavy atom. The quantitative estimate of drug-likeness (QED) is 0.499. The SMILES string of the molecule is CCCn1c(C)nc2cc(C3CCO[C@H](C(F)F)C3)nc(-c3ccc(Cl)cc3F)c2c1=O. The first-order valence-corrected chi connectivity index (χ1v) is 10.9. The Labute approximate surface area is 188 Å². The van der Waals surface area contributed by atoms with E-state index in [9.17, 15) is 18.0 Å². The zero-order chi connectivity index (χ0) is 23.0. The van der Waals surface area contributed by atoms with Gasteiger partial charge in [0.25, 0.3) is 12.0 Å². The first-order chi connectivity index (χ1) is 15.3. The fraction of sp³-hybridized carbons (Fsp3) is 0.435. The number of alkyl halides is 2. The molecule has 9 heteroatoms. The number of aromatic nitrogens is 3. The van der Waals surface area contributed by atoms with Crippen LogP contribution in [-0.2, 0) is 11.3 Å². The molecule has 1 fully saturated rings. The van der Waals surface area contributed by atoms with Gasteiger partial charge >= 0.3 is 0 Å². The maximum Gasteiger partial charge on any atom is 0.264 e. The Kier molecular flexibility index (Phi) is 6.53. The first-order valence-electron chi connectivity index (χ1n) is 10.6. The van der Waals surface area contributed by atoms with Gasteiger partial charge < -0.3 is 4.74 Å². The van der Waals surface area contributed by atoms with Crippen LogP contribution < -0.4 is 5.56 Å². The van der Waals surface area contributed by atoms with Gasteiger partial charge in [-0.2, -0.15) is 0 Å². The summed E-state index contributed by atoms with van der Waals surface area (Å²) in [5.74, 6) is -0.411. The number of ether oxygens (including phenoxy) is 1. The van der Waals surface area contributed by atoms with E-state index in [1.165, 1.54) is 12.1 Å². The molecule has 0 N–H and O–H groups in total. The summed E-state index contributed by atoms with van der Waals surface area (Å²) in [6.45, 7) is 4.32. The van der Waals surface area contributed by atoms with E-state index in [4.69, 9.17) is 16.3 Å². The molecule has 3 aromatic rings. The average Bonchev–Trinajstić information content (AvgIpc) is 2.76. The fourth-order valence-corrected chi connectivity index (χ4v) is 4.37. The van der Waals surface area contributed by atoms with Crippen LogP contribution in [0.3, 0.4) is 0 Å². The summed E-state index contributed by atoms with van der Waals surface area (Å²) in [7, 11) is 0. The molecule has 0 spiro atoms. The largest absolute Gasteiger partial charge is 0.372 e. The molecule has 3 heterocycles. The van der Waals surface area contributed by atoms with Gasteiger partial charge in [-0.25, -0.2) is 18.2 Å². The van der Waals surface area contributed by atoms with Crippen molar-refractivity contribution >= 4 is 22.5 Å². The molecule has 4 rings (SSSR count). The van der Waals surface area contributed by atoms with Crippen LogP contribution >= 0.6 is 11.6 Å². The predicted molar refractivity (Wildman–Crippen MR) is 117 cm³/mol. The lowest BCUT2D eigenvalue weighted by Gasteiger charge is -2.29. The molecule has 0 saturated carbocycles. The number of aryl methyl sites for hydroxylation is 1. The summed E-state index contributed by atoms with van der Waals surface area (Å²) in [5, 5.41) is 0.416. The summed E-state index contributed by atoms with van der Waals surface area (Å²) in [5.41, 5.74) is 0.818. The van der Waals surface area contributed by atoms with Crippen molar-refractivity contribution in [3.05, 3.63) is 57.0 Å². The lowest BCUT2D eigenvalue weighted by atomic mass is 9.91. The molecule has 1 aromatic carbocycles. The van der Waals surface area contributed by atoms with E-state index >= 15 is 0 Å². The number of hydrogen-bond acceptors (Lipinski definition) is 4. The number of halogens is 4. The Balaban J connectivity index is 1.97. The minimum Gasteiger partial charge on any atom is -0.372 e. The van der Waals surface area contributed by atoms with Crippen molar-refractivity contribution in [3.8, 4) is 11.3 Å². The average molecular weight is 466 g/mol. The van der Waals surface area contributed by atoms with E-state index < -0.39 is 18.3 Å². The van der Waals surface area contributed by atoms with Crippen LogP contribution in [0.1, 0.15) is 43.6 Å². The second-order valence-electron chi connectivity index (χ2n) is 7.99. The van der Waals surface area contributed by atoms with Crippen LogP contribution in [0.5, 0.6) is 0 Å². The third-order valence-corrected chi connectivity index (χ3v) is 6.03. The fourth-order valence-electron chi connectivity index (χ4n) is 4.21. The third-order valence-electron chi connectivity index (χ3n) is 5.80. The molecule has 1 aliphatic rings. The van der Waals surface area contributed by atoms with Crippen LogP contribution in [0.2, 0.25) is 5.02 Å². The van der Waals surface area contributed by atoms with E-state index in [0.717, 1.165) is 12.5 Å². The minimum absolute atomic E-state index is 0.0879. The van der Waals surface area contributed by atoms with Crippen molar-refractivity contribution in [2.24, 2.45) is 0 Å². The molecule has 1 saturated heterocycles. The highest BCUT2D eigenvalue weighted by molar-refractivity contribution is 6.30. The van der Waals surface area contributed by atoms with Gasteiger partial charge in [-0.05, 0) is 50.5 Å². The van der Waals surface area contributed by atoms with E-state index in [0.29, 0.717) is 30.0 Å². The van der Waals surface area contributed by atoms with Crippen molar-refractivity contribution in [1.29, 1.82) is 0 Å². The first kappa shape index (κ1) is 22.7. The minimum atomic E-state index is -2.60. The Morgan fingerprint density at radius 2 is 2.06 bits per heavy atom. The highest BCUT2D eigenvalue weighted by Gasteiger charge is 2.32. The molecular formula is C23H23ClF3N3O2. The number of fused-ring (bicyclic) bond motifs is 1. The summed E-state index contributed by atoms with van der Waals surface area (Å²) < 4.78 is 48.1. The highest BCUT2D eigenvalue weighted by Crippen LogP contribution is 2.35. The molecule has 0 amide bonds. The van der Waals surface area contributed by atoms with Crippen LogP contribution in [0.15, 0.2) is 29.1 Å². The lowest BCUT2D eigenvalue weighted by Crippen LogP contribution is -2.31. The molecule has 2 atom stereocenters. The summed E-state index contributed by atoms with van der Waals surface area (Å²) in [6.07, 6.45) is -2.48. The molecule has 1 unspecified atom stereocenters. The smallest absolute Gasteiger partial charge is 0.264 e. The van der Waals surface area contributed by atoms with Crippen molar-refractivity contribution in [2.45, 2.75) is 58.1 Å². The number of pyridine rings is 1. The molecule has 0 radical (unpaired) electrons. The van der Waals surface area contributed by atoms with E-state index in [2.05, 4.69) is 9.97 Å². The van der Waals surface area contributed by atoms with Gasteiger partial charge in [0.2, 0.25) is 0 Å². The molecule has 170 valence electrons. The van der Waals surface area contributed by atoms with E-state index in [-0.39, 0.29) is 46.2 Å². The monoisotopic (exact) mass is 465 g/mol. The van der Waals surface area contributed by atoms with Crippen LogP contribution in [0.4, 0.5) is 13.2 Å². The molecule has 32 heavy (non-hydrogen) atoms. The maximum atomic E-state index is 14.9. The molecule has 0 aliphatic carbocycles. The normalized spacial score (nSPS) is 19.1. The van der Waals surface area contributed by atoms with Gasteiger partial charge in [0.15, 0.2) is 0 Å². The number of benzene rings is 1.